The third-order valence-electron chi connectivity index (χ3n) is 11.5. The van der Waals surface area contributed by atoms with Gasteiger partial charge in [0.05, 0.1) is 18.8 Å². The lowest BCUT2D eigenvalue weighted by Gasteiger charge is -2.43. The van der Waals surface area contributed by atoms with Gasteiger partial charge < -0.3 is 49.3 Å². The molecule has 1 saturated heterocycles. The van der Waals surface area contributed by atoms with Crippen molar-refractivity contribution in [2.24, 2.45) is 0 Å². The van der Waals surface area contributed by atoms with E-state index in [-0.39, 0.29) is 12.8 Å². The SMILES string of the molecule is CC/C=C\CC1OC1C/C=C\C/C=C\C/C=C\C/C=C\CCC(=O)OC[C@H](COP(=O)(O)O[C@H]1C(O)C(O)C(O)[C@@H](OP(=O)(O)O)C1O)OC(=O)CCCCCCCCCCCCCCCCC. The topological polar surface area (TPSA) is 269 Å². The van der Waals surface area contributed by atoms with Crippen molar-refractivity contribution in [1.82, 2.24) is 0 Å². The number of ether oxygens (including phenoxy) is 3. The summed E-state index contributed by atoms with van der Waals surface area (Å²) >= 11 is 0. The van der Waals surface area contributed by atoms with Crippen molar-refractivity contribution in [3.05, 3.63) is 60.8 Å². The lowest BCUT2D eigenvalue weighted by atomic mass is 9.85. The minimum absolute atomic E-state index is 0.00829. The molecule has 1 aliphatic carbocycles. The van der Waals surface area contributed by atoms with Crippen LogP contribution in [0.25, 0.3) is 0 Å². The van der Waals surface area contributed by atoms with Gasteiger partial charge in [-0.25, -0.2) is 9.13 Å². The van der Waals surface area contributed by atoms with Gasteiger partial charge in [0.2, 0.25) is 0 Å². The second kappa shape index (κ2) is 36.6. The molecule has 10 atom stereocenters. The minimum Gasteiger partial charge on any atom is -0.462 e. The smallest absolute Gasteiger partial charge is 0.462 e. The Kier molecular flexibility index (Phi) is 33.2. The highest BCUT2D eigenvalue weighted by Gasteiger charge is 2.54. The van der Waals surface area contributed by atoms with Crippen molar-refractivity contribution >= 4 is 27.6 Å². The van der Waals surface area contributed by atoms with Crippen LogP contribution in [0.2, 0.25) is 0 Å². The normalized spacial score (nSPS) is 24.7. The Morgan fingerprint density at radius 1 is 0.544 bits per heavy atom. The predicted molar refractivity (Wildman–Crippen MR) is 259 cm³/mol. The monoisotopic (exact) mass is 1010 g/mol. The Labute approximate surface area is 404 Å². The molecule has 0 aromatic rings. The third-order valence-corrected chi connectivity index (χ3v) is 13.0. The fourth-order valence-electron chi connectivity index (χ4n) is 7.56. The average molecular weight is 1010 g/mol. The summed E-state index contributed by atoms with van der Waals surface area (Å²) in [5, 5.41) is 41.3. The maximum absolute atomic E-state index is 13.0. The molecule has 0 amide bonds. The van der Waals surface area contributed by atoms with Gasteiger partial charge in [0.15, 0.2) is 6.10 Å². The number of unbranched alkanes of at least 4 members (excludes halogenated alkanes) is 14. The van der Waals surface area contributed by atoms with E-state index in [0.717, 1.165) is 57.8 Å². The first-order valence-corrected chi connectivity index (χ1v) is 28.0. The minimum atomic E-state index is -5.37. The summed E-state index contributed by atoms with van der Waals surface area (Å²) in [5.41, 5.74) is 0. The van der Waals surface area contributed by atoms with Crippen LogP contribution in [0.5, 0.6) is 0 Å². The van der Waals surface area contributed by atoms with Gasteiger partial charge in [-0.15, -0.1) is 0 Å². The molecule has 0 radical (unpaired) electrons. The second-order valence-corrected chi connectivity index (χ2v) is 20.1. The molecule has 0 bridgehead atoms. The van der Waals surface area contributed by atoms with Gasteiger partial charge >= 0.3 is 27.6 Å². The number of phosphoric ester groups is 2. The van der Waals surface area contributed by atoms with Gasteiger partial charge in [-0.1, -0.05) is 164 Å². The van der Waals surface area contributed by atoms with Crippen molar-refractivity contribution in [2.45, 2.75) is 223 Å². The van der Waals surface area contributed by atoms with Gasteiger partial charge in [0, 0.05) is 12.8 Å². The summed E-state index contributed by atoms with van der Waals surface area (Å²) < 4.78 is 55.0. The second-order valence-electron chi connectivity index (χ2n) is 17.5. The van der Waals surface area contributed by atoms with Crippen molar-refractivity contribution in [1.29, 1.82) is 0 Å². The zero-order chi connectivity index (χ0) is 50.0. The number of rotatable bonds is 40. The number of carbonyl (C=O) groups excluding carboxylic acids is 2. The molecule has 7 unspecified atom stereocenters. The molecule has 7 N–H and O–H groups in total. The first-order chi connectivity index (χ1) is 32.6. The Bertz CT molecular complexity index is 1610. The first kappa shape index (κ1) is 61.8. The number of aliphatic hydroxyl groups is 4. The summed E-state index contributed by atoms with van der Waals surface area (Å²) in [4.78, 5) is 54.3. The summed E-state index contributed by atoms with van der Waals surface area (Å²) in [6, 6.07) is 0. The third kappa shape index (κ3) is 29.8. The molecule has 392 valence electrons. The van der Waals surface area contributed by atoms with Gasteiger partial charge in [0.25, 0.3) is 0 Å². The average Bonchev–Trinajstić information content (AvgIpc) is 4.05. The standard InChI is InChI=1S/C49H84O17P2/c1-3-5-7-8-9-10-11-12-13-14-19-22-25-28-32-36-43(51)63-39(38-62-68(59,60)66-49-46(54)44(52)45(53)48(47(49)55)65-67(56,57)58)37-61-42(50)35-31-27-24-21-18-16-15-17-20-23-26-30-34-41-40(64-41)33-29-6-4-2/h6,16-18,20,24,26-27,29-30,39-41,44-49,52-55H,3-5,7-15,19,21-23,25,28,31-38H2,1-2H3,(H,59,60)(H2,56,57,58)/b18-16-,20-17-,27-24-,29-6-,30-26-/t39-,40?,41?,44?,45?,46?,47?,48-,49+/m1/s1. The Morgan fingerprint density at radius 3 is 1.53 bits per heavy atom. The van der Waals surface area contributed by atoms with Crippen LogP contribution >= 0.6 is 15.6 Å². The molecule has 0 spiro atoms. The van der Waals surface area contributed by atoms with Crippen LogP contribution in [0.15, 0.2) is 60.8 Å². The van der Waals surface area contributed by atoms with E-state index in [2.05, 4.69) is 60.9 Å². The highest BCUT2D eigenvalue weighted by molar-refractivity contribution is 7.47. The van der Waals surface area contributed by atoms with E-state index in [1.165, 1.54) is 64.2 Å². The van der Waals surface area contributed by atoms with Gasteiger partial charge in [-0.05, 0) is 51.4 Å². The summed E-state index contributed by atoms with van der Waals surface area (Å²) in [7, 11) is -10.7. The molecule has 1 saturated carbocycles. The van der Waals surface area contributed by atoms with E-state index in [1.807, 2.05) is 18.2 Å². The molecule has 68 heavy (non-hydrogen) atoms. The highest BCUT2D eigenvalue weighted by atomic mass is 31.2. The van der Waals surface area contributed by atoms with Crippen molar-refractivity contribution in [3.63, 3.8) is 0 Å². The molecule has 2 rings (SSSR count). The summed E-state index contributed by atoms with van der Waals surface area (Å²) in [6.45, 7) is 2.94. The summed E-state index contributed by atoms with van der Waals surface area (Å²) in [6.07, 6.45) is 29.4. The fourth-order valence-corrected chi connectivity index (χ4v) is 9.10. The highest BCUT2D eigenvalue weighted by Crippen LogP contribution is 2.49. The fraction of sp³-hybridized carbons (Fsp3) is 0.755. The number of hydrogen-bond acceptors (Lipinski definition) is 14. The molecule has 2 fully saturated rings. The van der Waals surface area contributed by atoms with Gasteiger partial charge in [-0.3, -0.25) is 23.2 Å². The van der Waals surface area contributed by atoms with Crippen LogP contribution in [0.3, 0.4) is 0 Å². The number of phosphoric acid groups is 2. The van der Waals surface area contributed by atoms with E-state index < -0.39 is 83.5 Å². The summed E-state index contributed by atoms with van der Waals surface area (Å²) in [5.74, 6) is -1.31. The molecular formula is C49H84O17P2. The van der Waals surface area contributed by atoms with Crippen molar-refractivity contribution in [3.8, 4) is 0 Å². The number of allylic oxidation sites excluding steroid dienone is 8. The van der Waals surface area contributed by atoms with Crippen molar-refractivity contribution in [2.75, 3.05) is 13.2 Å². The lowest BCUT2D eigenvalue weighted by Crippen LogP contribution is -2.64. The van der Waals surface area contributed by atoms with E-state index in [4.69, 9.17) is 23.3 Å². The van der Waals surface area contributed by atoms with E-state index in [9.17, 15) is 53.8 Å². The molecule has 2 aliphatic rings. The lowest BCUT2D eigenvalue weighted by molar-refractivity contribution is -0.216. The molecule has 1 heterocycles. The Balaban J connectivity index is 1.79. The van der Waals surface area contributed by atoms with Crippen LogP contribution in [0, 0.1) is 0 Å². The van der Waals surface area contributed by atoms with Crippen LogP contribution in [0.1, 0.15) is 168 Å². The molecule has 0 aromatic carbocycles. The number of hydrogen-bond donors (Lipinski definition) is 7. The molecule has 0 aromatic heterocycles. The van der Waals surface area contributed by atoms with Crippen LogP contribution in [-0.4, -0.2) is 115 Å². The maximum Gasteiger partial charge on any atom is 0.472 e. The molecular weight excluding hydrogens is 922 g/mol. The van der Waals surface area contributed by atoms with E-state index >= 15 is 0 Å². The Morgan fingerprint density at radius 2 is 1.01 bits per heavy atom. The van der Waals surface area contributed by atoms with E-state index in [1.54, 1.807) is 0 Å². The Hall–Kier alpha value is -2.34. The maximum atomic E-state index is 13.0. The zero-order valence-corrected chi connectivity index (χ0v) is 42.3. The zero-order valence-electron chi connectivity index (χ0n) is 40.5. The molecule has 17 nitrogen and oxygen atoms in total. The predicted octanol–water partition coefficient (Wildman–Crippen LogP) is 8.83. The van der Waals surface area contributed by atoms with Gasteiger partial charge in [0.1, 0.15) is 43.2 Å². The van der Waals surface area contributed by atoms with E-state index in [0.29, 0.717) is 31.5 Å². The number of aliphatic hydroxyl groups excluding tert-OH is 4. The van der Waals surface area contributed by atoms with Crippen molar-refractivity contribution < 1.29 is 81.6 Å². The van der Waals surface area contributed by atoms with Crippen LogP contribution < -0.4 is 0 Å². The number of carbonyl (C=O) groups is 2. The number of esters is 2. The molecule has 19 heteroatoms. The van der Waals surface area contributed by atoms with Gasteiger partial charge in [-0.2, -0.15) is 0 Å². The largest absolute Gasteiger partial charge is 0.472 e. The quantitative estimate of drug-likeness (QED) is 0.00993. The van der Waals surface area contributed by atoms with Crippen LogP contribution in [-0.2, 0) is 46.5 Å². The van der Waals surface area contributed by atoms with Crippen LogP contribution in [0.4, 0.5) is 0 Å². The number of epoxide rings is 1. The first-order valence-electron chi connectivity index (χ1n) is 25.0. The molecule has 1 aliphatic heterocycles.